The van der Waals surface area contributed by atoms with E-state index in [1.165, 1.54) is 16.5 Å². The molecule has 0 amide bonds. The number of benzene rings is 2. The van der Waals surface area contributed by atoms with Crippen LogP contribution in [0.3, 0.4) is 0 Å². The minimum absolute atomic E-state index is 0.758. The largest absolute Gasteiger partial charge is 0.381 e. The van der Waals surface area contributed by atoms with Crippen molar-refractivity contribution in [2.45, 2.75) is 19.9 Å². The van der Waals surface area contributed by atoms with Gasteiger partial charge < -0.3 is 10.3 Å². The maximum absolute atomic E-state index is 5.99. The number of fused-ring (bicyclic) bond motifs is 1. The number of H-pyrrole nitrogens is 1. The van der Waals surface area contributed by atoms with Crippen molar-refractivity contribution in [1.82, 2.24) is 4.98 Å². The second-order valence-corrected chi connectivity index (χ2v) is 5.34. The van der Waals surface area contributed by atoms with E-state index in [0.717, 1.165) is 29.2 Å². The highest BCUT2D eigenvalue weighted by Crippen LogP contribution is 2.23. The summed E-state index contributed by atoms with van der Waals surface area (Å²) < 4.78 is 0. The standard InChI is InChI=1S/C17H17ClN2/c1-2-12-3-6-15(7-4-12)19-10-13-11-20-17-9-14(18)5-8-16(13)17/h3-9,11,19-20H,2,10H2,1H3. The van der Waals surface area contributed by atoms with Crippen LogP contribution in [0.2, 0.25) is 5.02 Å². The van der Waals surface area contributed by atoms with E-state index in [4.69, 9.17) is 11.6 Å². The maximum atomic E-state index is 5.99. The van der Waals surface area contributed by atoms with Gasteiger partial charge in [0.05, 0.1) is 0 Å². The number of aryl methyl sites for hydroxylation is 1. The van der Waals surface area contributed by atoms with Crippen LogP contribution in [0.15, 0.2) is 48.7 Å². The Labute approximate surface area is 123 Å². The number of aromatic nitrogens is 1. The first kappa shape index (κ1) is 13.1. The molecule has 20 heavy (non-hydrogen) atoms. The van der Waals surface area contributed by atoms with Crippen molar-refractivity contribution in [3.8, 4) is 0 Å². The Morgan fingerprint density at radius 2 is 1.90 bits per heavy atom. The molecule has 0 radical (unpaired) electrons. The van der Waals surface area contributed by atoms with Crippen molar-refractivity contribution in [2.24, 2.45) is 0 Å². The molecular weight excluding hydrogens is 268 g/mol. The van der Waals surface area contributed by atoms with Gasteiger partial charge in [-0.15, -0.1) is 0 Å². The van der Waals surface area contributed by atoms with Crippen LogP contribution in [0.5, 0.6) is 0 Å². The monoisotopic (exact) mass is 284 g/mol. The second kappa shape index (κ2) is 5.59. The number of nitrogens with one attached hydrogen (secondary N) is 2. The second-order valence-electron chi connectivity index (χ2n) is 4.91. The quantitative estimate of drug-likeness (QED) is 0.693. The molecule has 2 nitrogen and oxygen atoms in total. The van der Waals surface area contributed by atoms with E-state index < -0.39 is 0 Å². The third-order valence-electron chi connectivity index (χ3n) is 3.57. The normalized spacial score (nSPS) is 10.9. The van der Waals surface area contributed by atoms with Gasteiger partial charge in [0.15, 0.2) is 0 Å². The molecule has 0 atom stereocenters. The molecule has 3 heteroatoms. The first-order valence-corrected chi connectivity index (χ1v) is 7.22. The molecule has 0 aliphatic carbocycles. The lowest BCUT2D eigenvalue weighted by Crippen LogP contribution is -1.98. The molecule has 0 spiro atoms. The summed E-state index contributed by atoms with van der Waals surface area (Å²) in [6, 6.07) is 14.5. The van der Waals surface area contributed by atoms with Gasteiger partial charge in [-0.1, -0.05) is 36.7 Å². The fraction of sp³-hybridized carbons (Fsp3) is 0.176. The Bertz CT molecular complexity index is 713. The molecule has 0 saturated carbocycles. The van der Waals surface area contributed by atoms with Crippen molar-refractivity contribution in [2.75, 3.05) is 5.32 Å². The molecule has 2 aromatic carbocycles. The van der Waals surface area contributed by atoms with E-state index in [9.17, 15) is 0 Å². The van der Waals surface area contributed by atoms with Crippen LogP contribution >= 0.6 is 11.6 Å². The molecule has 102 valence electrons. The van der Waals surface area contributed by atoms with Gasteiger partial charge in [0.1, 0.15) is 0 Å². The molecule has 0 aliphatic rings. The molecule has 2 N–H and O–H groups in total. The highest BCUT2D eigenvalue weighted by molar-refractivity contribution is 6.31. The average Bonchev–Trinajstić information content (AvgIpc) is 2.88. The van der Waals surface area contributed by atoms with Gasteiger partial charge in [-0.3, -0.25) is 0 Å². The maximum Gasteiger partial charge on any atom is 0.0472 e. The zero-order valence-electron chi connectivity index (χ0n) is 11.4. The summed E-state index contributed by atoms with van der Waals surface area (Å²) in [5, 5.41) is 5.43. The van der Waals surface area contributed by atoms with Crippen molar-refractivity contribution in [3.05, 3.63) is 64.8 Å². The van der Waals surface area contributed by atoms with Gasteiger partial charge >= 0.3 is 0 Å². The average molecular weight is 285 g/mol. The molecule has 1 aromatic heterocycles. The third kappa shape index (κ3) is 2.66. The Balaban J connectivity index is 1.76. The van der Waals surface area contributed by atoms with Crippen LogP contribution in [0.4, 0.5) is 5.69 Å². The van der Waals surface area contributed by atoms with Crippen molar-refractivity contribution >= 4 is 28.2 Å². The van der Waals surface area contributed by atoms with E-state index in [-0.39, 0.29) is 0 Å². The topological polar surface area (TPSA) is 27.8 Å². The molecule has 3 rings (SSSR count). The molecule has 3 aromatic rings. The highest BCUT2D eigenvalue weighted by Gasteiger charge is 2.04. The lowest BCUT2D eigenvalue weighted by molar-refractivity contribution is 1.13. The fourth-order valence-electron chi connectivity index (χ4n) is 2.36. The Morgan fingerprint density at radius 3 is 2.65 bits per heavy atom. The van der Waals surface area contributed by atoms with Gasteiger partial charge in [-0.2, -0.15) is 0 Å². The Morgan fingerprint density at radius 1 is 1.10 bits per heavy atom. The lowest BCUT2D eigenvalue weighted by atomic mass is 10.1. The SMILES string of the molecule is CCc1ccc(NCc2c[nH]c3cc(Cl)ccc23)cc1. The highest BCUT2D eigenvalue weighted by atomic mass is 35.5. The summed E-state index contributed by atoms with van der Waals surface area (Å²) in [6.45, 7) is 2.96. The fourth-order valence-corrected chi connectivity index (χ4v) is 2.53. The van der Waals surface area contributed by atoms with Crippen LogP contribution in [0.1, 0.15) is 18.1 Å². The van der Waals surface area contributed by atoms with Gasteiger partial charge in [-0.05, 0) is 41.8 Å². The van der Waals surface area contributed by atoms with Crippen molar-refractivity contribution in [3.63, 3.8) is 0 Å². The third-order valence-corrected chi connectivity index (χ3v) is 3.81. The molecule has 0 saturated heterocycles. The van der Waals surface area contributed by atoms with Gasteiger partial charge in [0, 0.05) is 34.4 Å². The number of aromatic amines is 1. The first-order chi connectivity index (χ1) is 9.76. The number of hydrogen-bond acceptors (Lipinski definition) is 1. The zero-order chi connectivity index (χ0) is 13.9. The first-order valence-electron chi connectivity index (χ1n) is 6.84. The van der Waals surface area contributed by atoms with Crippen LogP contribution in [-0.2, 0) is 13.0 Å². The van der Waals surface area contributed by atoms with Crippen LogP contribution in [0, 0.1) is 0 Å². The summed E-state index contributed by atoms with van der Waals surface area (Å²) in [4.78, 5) is 3.26. The van der Waals surface area contributed by atoms with E-state index in [0.29, 0.717) is 0 Å². The number of halogens is 1. The molecule has 0 aliphatic heterocycles. The summed E-state index contributed by atoms with van der Waals surface area (Å²) in [7, 11) is 0. The minimum atomic E-state index is 0.758. The Kier molecular flexibility index (Phi) is 3.66. The lowest BCUT2D eigenvalue weighted by Gasteiger charge is -2.06. The summed E-state index contributed by atoms with van der Waals surface area (Å²) in [5.41, 5.74) is 4.83. The van der Waals surface area contributed by atoms with Crippen molar-refractivity contribution in [1.29, 1.82) is 0 Å². The molecule has 0 fully saturated rings. The molecule has 0 bridgehead atoms. The van der Waals surface area contributed by atoms with E-state index in [1.807, 2.05) is 18.3 Å². The summed E-state index contributed by atoms with van der Waals surface area (Å²) >= 11 is 5.99. The molecular formula is C17H17ClN2. The van der Waals surface area contributed by atoms with E-state index in [1.54, 1.807) is 0 Å². The molecule has 1 heterocycles. The summed E-state index contributed by atoms with van der Waals surface area (Å²) in [5.74, 6) is 0. The minimum Gasteiger partial charge on any atom is -0.381 e. The van der Waals surface area contributed by atoms with E-state index >= 15 is 0 Å². The van der Waals surface area contributed by atoms with Crippen LogP contribution in [0.25, 0.3) is 10.9 Å². The number of rotatable bonds is 4. The molecule has 0 unspecified atom stereocenters. The van der Waals surface area contributed by atoms with Gasteiger partial charge in [-0.25, -0.2) is 0 Å². The van der Waals surface area contributed by atoms with Gasteiger partial charge in [0.2, 0.25) is 0 Å². The van der Waals surface area contributed by atoms with Crippen LogP contribution < -0.4 is 5.32 Å². The smallest absolute Gasteiger partial charge is 0.0472 e. The number of hydrogen-bond donors (Lipinski definition) is 2. The van der Waals surface area contributed by atoms with Crippen LogP contribution in [-0.4, -0.2) is 4.98 Å². The summed E-state index contributed by atoms with van der Waals surface area (Å²) in [6.07, 6.45) is 3.11. The number of anilines is 1. The predicted molar refractivity (Wildman–Crippen MR) is 86.5 cm³/mol. The predicted octanol–water partition coefficient (Wildman–Crippen LogP) is 5.00. The van der Waals surface area contributed by atoms with Gasteiger partial charge in [0.25, 0.3) is 0 Å². The Hall–Kier alpha value is -1.93. The zero-order valence-corrected chi connectivity index (χ0v) is 12.2. The van der Waals surface area contributed by atoms with Crippen molar-refractivity contribution < 1.29 is 0 Å². The van der Waals surface area contributed by atoms with E-state index in [2.05, 4.69) is 47.6 Å².